The molecule has 0 bridgehead atoms. The minimum Gasteiger partial charge on any atom is -0.490 e. The van der Waals surface area contributed by atoms with E-state index >= 15 is 0 Å². The molecule has 1 aliphatic rings. The summed E-state index contributed by atoms with van der Waals surface area (Å²) in [5.41, 5.74) is 2.12. The van der Waals surface area contributed by atoms with Crippen LogP contribution in [-0.2, 0) is 11.8 Å². The summed E-state index contributed by atoms with van der Waals surface area (Å²) in [6.07, 6.45) is 5.00. The van der Waals surface area contributed by atoms with Crippen LogP contribution in [0.2, 0.25) is 0 Å². The molecule has 1 fully saturated rings. The molecule has 194 valence electrons. The standard InChI is InChI=1S/C28H31N3O4S2/c1-5-7-11-16-35-22-15-14-20(17-23(22)34-6-2)18-24-26(32)30(28(36)37-24)25-19(3)29(4)31(27(25)33)21-12-9-8-10-13-21/h8-10,12-15,17-18H,5-7,11,16H2,1-4H3/b24-18-. The molecule has 7 nitrogen and oxygen atoms in total. The molecule has 0 spiro atoms. The first-order chi connectivity index (χ1) is 17.9. The fraction of sp³-hybridized carbons (Fsp3) is 0.321. The molecule has 0 aliphatic carbocycles. The normalized spacial score (nSPS) is 14.6. The number of para-hydroxylation sites is 1. The molecule has 9 heteroatoms. The highest BCUT2D eigenvalue weighted by Gasteiger charge is 2.37. The SMILES string of the molecule is CCCCCOc1ccc(/C=C2\SC(=S)N(c3c(C)n(C)n(-c4ccccc4)c3=O)C2=O)cc1OCC. The lowest BCUT2D eigenvalue weighted by molar-refractivity contribution is -0.113. The second kappa shape index (κ2) is 11.8. The number of nitrogens with zero attached hydrogens (tertiary/aromatic N) is 3. The fourth-order valence-electron chi connectivity index (χ4n) is 4.16. The first-order valence-electron chi connectivity index (χ1n) is 12.4. The molecule has 0 saturated carbocycles. The zero-order valence-electron chi connectivity index (χ0n) is 21.5. The molecule has 1 saturated heterocycles. The number of unbranched alkanes of at least 4 members (excludes halogenated alkanes) is 2. The number of thiocarbonyl (C=S) groups is 1. The minimum absolute atomic E-state index is 0.267. The van der Waals surface area contributed by atoms with E-state index in [4.69, 9.17) is 21.7 Å². The smallest absolute Gasteiger partial charge is 0.296 e. The van der Waals surface area contributed by atoms with Gasteiger partial charge in [-0.2, -0.15) is 0 Å². The maximum atomic E-state index is 13.5. The highest BCUT2D eigenvalue weighted by molar-refractivity contribution is 8.27. The molecular weight excluding hydrogens is 506 g/mol. The minimum atomic E-state index is -0.320. The van der Waals surface area contributed by atoms with Gasteiger partial charge in [-0.25, -0.2) is 4.68 Å². The van der Waals surface area contributed by atoms with E-state index in [-0.39, 0.29) is 17.2 Å². The van der Waals surface area contributed by atoms with Crippen LogP contribution in [0, 0.1) is 6.92 Å². The Kier molecular flexibility index (Phi) is 8.56. The lowest BCUT2D eigenvalue weighted by Crippen LogP contribution is -2.33. The summed E-state index contributed by atoms with van der Waals surface area (Å²) in [5, 5.41) is 0. The highest BCUT2D eigenvalue weighted by Crippen LogP contribution is 2.37. The lowest BCUT2D eigenvalue weighted by atomic mass is 10.1. The van der Waals surface area contributed by atoms with Crippen molar-refractivity contribution in [3.05, 3.63) is 75.0 Å². The van der Waals surface area contributed by atoms with Gasteiger partial charge in [-0.3, -0.25) is 19.2 Å². The van der Waals surface area contributed by atoms with E-state index in [9.17, 15) is 9.59 Å². The number of aromatic nitrogens is 2. The van der Waals surface area contributed by atoms with Crippen molar-refractivity contribution in [3.8, 4) is 17.2 Å². The molecule has 0 unspecified atom stereocenters. The predicted octanol–water partition coefficient (Wildman–Crippen LogP) is 5.86. The summed E-state index contributed by atoms with van der Waals surface area (Å²) < 4.78 is 15.3. The van der Waals surface area contributed by atoms with Crippen molar-refractivity contribution in [3.63, 3.8) is 0 Å². The fourth-order valence-corrected chi connectivity index (χ4v) is 5.43. The summed E-state index contributed by atoms with van der Waals surface area (Å²) in [6.45, 7) is 7.01. The Morgan fingerprint density at radius 1 is 1.00 bits per heavy atom. The van der Waals surface area contributed by atoms with Crippen LogP contribution in [0.3, 0.4) is 0 Å². The third kappa shape index (κ3) is 5.52. The highest BCUT2D eigenvalue weighted by atomic mass is 32.2. The summed E-state index contributed by atoms with van der Waals surface area (Å²) >= 11 is 6.75. The summed E-state index contributed by atoms with van der Waals surface area (Å²) in [4.78, 5) is 28.8. The Balaban J connectivity index is 1.64. The van der Waals surface area contributed by atoms with Crippen molar-refractivity contribution in [2.75, 3.05) is 18.1 Å². The number of hydrogen-bond donors (Lipinski definition) is 0. The average Bonchev–Trinajstić information content (AvgIpc) is 3.28. The van der Waals surface area contributed by atoms with E-state index < -0.39 is 0 Å². The first-order valence-corrected chi connectivity index (χ1v) is 13.6. The number of benzene rings is 2. The molecule has 37 heavy (non-hydrogen) atoms. The molecule has 0 atom stereocenters. The van der Waals surface area contributed by atoms with Crippen LogP contribution in [0.1, 0.15) is 44.4 Å². The second-order valence-electron chi connectivity index (χ2n) is 8.62. The monoisotopic (exact) mass is 537 g/mol. The van der Waals surface area contributed by atoms with E-state index in [1.54, 1.807) is 22.5 Å². The van der Waals surface area contributed by atoms with Crippen molar-refractivity contribution in [2.45, 2.75) is 40.0 Å². The van der Waals surface area contributed by atoms with Crippen LogP contribution < -0.4 is 19.9 Å². The molecule has 1 amide bonds. The Bertz CT molecular complexity index is 1390. The number of thioether (sulfide) groups is 1. The van der Waals surface area contributed by atoms with Gasteiger partial charge in [0.2, 0.25) is 0 Å². The Labute approximate surface area is 226 Å². The van der Waals surface area contributed by atoms with Crippen molar-refractivity contribution in [1.82, 2.24) is 9.36 Å². The summed E-state index contributed by atoms with van der Waals surface area (Å²) in [7, 11) is 1.79. The van der Waals surface area contributed by atoms with Gasteiger partial charge in [-0.1, -0.05) is 68.0 Å². The summed E-state index contributed by atoms with van der Waals surface area (Å²) in [6, 6.07) is 14.9. The number of carbonyl (C=O) groups excluding carboxylic acids is 1. The number of rotatable bonds is 10. The zero-order chi connectivity index (χ0) is 26.5. The Morgan fingerprint density at radius 2 is 1.76 bits per heavy atom. The van der Waals surface area contributed by atoms with Gasteiger partial charge in [0.05, 0.1) is 29.5 Å². The van der Waals surface area contributed by atoms with Gasteiger partial charge < -0.3 is 9.47 Å². The number of ether oxygens (including phenoxy) is 2. The van der Waals surface area contributed by atoms with E-state index in [0.717, 1.165) is 24.8 Å². The van der Waals surface area contributed by atoms with Crippen LogP contribution in [0.15, 0.2) is 58.2 Å². The molecule has 3 aromatic rings. The van der Waals surface area contributed by atoms with Gasteiger partial charge in [0.15, 0.2) is 15.8 Å². The molecule has 1 aliphatic heterocycles. The number of amides is 1. The Morgan fingerprint density at radius 3 is 2.46 bits per heavy atom. The molecule has 0 radical (unpaired) electrons. The van der Waals surface area contributed by atoms with Crippen LogP contribution in [0.25, 0.3) is 11.8 Å². The van der Waals surface area contributed by atoms with Crippen molar-refractivity contribution in [2.24, 2.45) is 7.05 Å². The maximum Gasteiger partial charge on any atom is 0.296 e. The van der Waals surface area contributed by atoms with Crippen molar-refractivity contribution < 1.29 is 14.3 Å². The van der Waals surface area contributed by atoms with Crippen LogP contribution in [-0.4, -0.2) is 32.8 Å². The molecule has 2 heterocycles. The van der Waals surface area contributed by atoms with E-state index in [1.165, 1.54) is 16.7 Å². The van der Waals surface area contributed by atoms with Crippen LogP contribution in [0.5, 0.6) is 11.5 Å². The molecule has 1 aromatic heterocycles. The quantitative estimate of drug-likeness (QED) is 0.183. The third-order valence-electron chi connectivity index (χ3n) is 6.11. The van der Waals surface area contributed by atoms with Gasteiger partial charge in [0.25, 0.3) is 11.5 Å². The van der Waals surface area contributed by atoms with Crippen LogP contribution in [0.4, 0.5) is 5.69 Å². The van der Waals surface area contributed by atoms with Crippen molar-refractivity contribution >= 4 is 46.0 Å². The van der Waals surface area contributed by atoms with Gasteiger partial charge >= 0.3 is 0 Å². The van der Waals surface area contributed by atoms with Crippen molar-refractivity contribution in [1.29, 1.82) is 0 Å². The van der Waals surface area contributed by atoms with Gasteiger partial charge in [-0.05, 0) is 56.2 Å². The lowest BCUT2D eigenvalue weighted by Gasteiger charge is -2.13. The maximum absolute atomic E-state index is 13.5. The van der Waals surface area contributed by atoms with Gasteiger partial charge in [0.1, 0.15) is 5.69 Å². The average molecular weight is 538 g/mol. The van der Waals surface area contributed by atoms with E-state index in [0.29, 0.717) is 45.3 Å². The summed E-state index contributed by atoms with van der Waals surface area (Å²) in [5.74, 6) is 0.996. The molecule has 2 aromatic carbocycles. The topological polar surface area (TPSA) is 65.7 Å². The molecular formula is C28H31N3O4S2. The largest absolute Gasteiger partial charge is 0.490 e. The zero-order valence-corrected chi connectivity index (χ0v) is 23.2. The van der Waals surface area contributed by atoms with E-state index in [1.807, 2.05) is 62.4 Å². The number of anilines is 1. The Hall–Kier alpha value is -3.30. The van der Waals surface area contributed by atoms with Crippen LogP contribution >= 0.6 is 24.0 Å². The molecule has 0 N–H and O–H groups in total. The molecule has 4 rings (SSSR count). The number of carbonyl (C=O) groups is 1. The first kappa shape index (κ1) is 26.8. The predicted molar refractivity (Wildman–Crippen MR) is 154 cm³/mol. The van der Waals surface area contributed by atoms with E-state index in [2.05, 4.69) is 6.92 Å². The second-order valence-corrected chi connectivity index (χ2v) is 10.3. The van der Waals surface area contributed by atoms with Gasteiger partial charge in [-0.15, -0.1) is 0 Å². The third-order valence-corrected chi connectivity index (χ3v) is 7.41. The van der Waals surface area contributed by atoms with Gasteiger partial charge in [0, 0.05) is 7.05 Å². The number of hydrogen-bond acceptors (Lipinski definition) is 6.